The van der Waals surface area contributed by atoms with Crippen LogP contribution in [0.2, 0.25) is 0 Å². The minimum atomic E-state index is -0.757. The van der Waals surface area contributed by atoms with Crippen LogP contribution in [0.3, 0.4) is 0 Å². The summed E-state index contributed by atoms with van der Waals surface area (Å²) >= 11 is 1.62. The fourth-order valence-electron chi connectivity index (χ4n) is 1.95. The fraction of sp³-hybridized carbons (Fsp3) is 0.917. The summed E-state index contributed by atoms with van der Waals surface area (Å²) < 4.78 is 0. The first-order valence-electron chi connectivity index (χ1n) is 6.21. The number of hydrogen-bond acceptors (Lipinski definition) is 3. The van der Waals surface area contributed by atoms with E-state index in [-0.39, 0.29) is 0 Å². The zero-order valence-electron chi connectivity index (χ0n) is 11.1. The summed E-state index contributed by atoms with van der Waals surface area (Å²) in [5.74, 6) is 2.05. The Bertz CT molecular complexity index is 260. The molecule has 0 amide bonds. The van der Waals surface area contributed by atoms with Crippen LogP contribution in [0, 0.1) is 5.92 Å². The van der Waals surface area contributed by atoms with Gasteiger partial charge in [-0.15, -0.1) is 0 Å². The third-order valence-corrected chi connectivity index (χ3v) is 4.06. The van der Waals surface area contributed by atoms with Crippen molar-refractivity contribution in [3.8, 4) is 0 Å². The molecule has 0 bridgehead atoms. The number of aliphatic imine (C=N–C) groups is 1. The predicted octanol–water partition coefficient (Wildman–Crippen LogP) is 1.15. The lowest BCUT2D eigenvalue weighted by Gasteiger charge is -2.31. The Kier molecular flexibility index (Phi) is 5.59. The molecule has 0 aromatic carbocycles. The minimum absolute atomic E-state index is 0.381. The summed E-state index contributed by atoms with van der Waals surface area (Å²) in [5.41, 5.74) is 5.20. The van der Waals surface area contributed by atoms with Crippen molar-refractivity contribution >= 4 is 17.7 Å². The van der Waals surface area contributed by atoms with E-state index in [4.69, 9.17) is 5.73 Å². The average Bonchev–Trinajstić information content (AvgIpc) is 2.27. The molecule has 1 fully saturated rings. The Balaban J connectivity index is 2.43. The Morgan fingerprint density at radius 2 is 2.12 bits per heavy atom. The third kappa shape index (κ3) is 5.17. The summed E-state index contributed by atoms with van der Waals surface area (Å²) in [5, 5.41) is 10.0. The van der Waals surface area contributed by atoms with Crippen LogP contribution in [-0.4, -0.2) is 53.2 Å². The van der Waals surface area contributed by atoms with Crippen molar-refractivity contribution in [1.82, 2.24) is 4.90 Å². The predicted molar refractivity (Wildman–Crippen MR) is 75.5 cm³/mol. The lowest BCUT2D eigenvalue weighted by Crippen LogP contribution is -2.43. The van der Waals surface area contributed by atoms with Crippen molar-refractivity contribution in [2.24, 2.45) is 16.6 Å². The van der Waals surface area contributed by atoms with Crippen LogP contribution in [0.4, 0.5) is 0 Å². The summed E-state index contributed by atoms with van der Waals surface area (Å²) in [4.78, 5) is 6.44. The van der Waals surface area contributed by atoms with E-state index in [2.05, 4.69) is 16.8 Å². The molecule has 0 aromatic rings. The number of likely N-dealkylation sites (tertiary alicyclic amines) is 1. The molecule has 1 rings (SSSR count). The van der Waals surface area contributed by atoms with Gasteiger partial charge in [0.25, 0.3) is 0 Å². The largest absolute Gasteiger partial charge is 0.387 e. The highest BCUT2D eigenvalue weighted by atomic mass is 32.2. The first-order chi connectivity index (χ1) is 7.94. The standard InChI is InChI=1S/C12H25N3OS/c1-10-4-6-15(7-5-10)11(13)14-8-12(2,16)9-17-3/h10,16H,4-9H2,1-3H3,(H2,13,14). The van der Waals surface area contributed by atoms with Crippen LogP contribution in [0.5, 0.6) is 0 Å². The first kappa shape index (κ1) is 14.6. The molecule has 1 aliphatic heterocycles. The molecular formula is C12H25N3OS. The number of nitrogens with two attached hydrogens (primary N) is 1. The molecule has 3 N–H and O–H groups in total. The van der Waals surface area contributed by atoms with Gasteiger partial charge in [-0.25, -0.2) is 0 Å². The first-order valence-corrected chi connectivity index (χ1v) is 7.60. The van der Waals surface area contributed by atoms with Gasteiger partial charge in [-0.2, -0.15) is 11.8 Å². The van der Waals surface area contributed by atoms with Crippen molar-refractivity contribution in [2.75, 3.05) is 31.6 Å². The fourth-order valence-corrected chi connectivity index (χ4v) is 2.66. The lowest BCUT2D eigenvalue weighted by atomic mass is 10.00. The molecule has 0 aromatic heterocycles. The normalized spacial score (nSPS) is 22.6. The molecule has 1 aliphatic rings. The zero-order valence-corrected chi connectivity index (χ0v) is 12.0. The smallest absolute Gasteiger partial charge is 0.191 e. The van der Waals surface area contributed by atoms with Gasteiger partial charge >= 0.3 is 0 Å². The molecule has 1 saturated heterocycles. The van der Waals surface area contributed by atoms with Crippen LogP contribution in [0.15, 0.2) is 4.99 Å². The second-order valence-corrected chi connectivity index (χ2v) is 6.14. The average molecular weight is 259 g/mol. The van der Waals surface area contributed by atoms with Gasteiger partial charge in [0.05, 0.1) is 12.1 Å². The van der Waals surface area contributed by atoms with Crippen LogP contribution < -0.4 is 5.73 Å². The van der Waals surface area contributed by atoms with Gasteiger partial charge in [0.15, 0.2) is 5.96 Å². The van der Waals surface area contributed by atoms with E-state index in [1.165, 1.54) is 12.8 Å². The van der Waals surface area contributed by atoms with Crippen molar-refractivity contribution < 1.29 is 5.11 Å². The third-order valence-electron chi connectivity index (χ3n) is 3.14. The van der Waals surface area contributed by atoms with Gasteiger partial charge < -0.3 is 15.7 Å². The molecule has 0 spiro atoms. The van der Waals surface area contributed by atoms with Gasteiger partial charge in [0.1, 0.15) is 0 Å². The lowest BCUT2D eigenvalue weighted by molar-refractivity contribution is 0.0951. The van der Waals surface area contributed by atoms with Crippen LogP contribution >= 0.6 is 11.8 Å². The number of rotatable bonds is 4. The summed E-state index contributed by atoms with van der Waals surface area (Å²) in [7, 11) is 0. The maximum absolute atomic E-state index is 10.0. The molecular weight excluding hydrogens is 234 g/mol. The van der Waals surface area contributed by atoms with Crippen molar-refractivity contribution in [3.63, 3.8) is 0 Å². The quantitative estimate of drug-likeness (QED) is 0.587. The highest BCUT2D eigenvalue weighted by Gasteiger charge is 2.21. The maximum Gasteiger partial charge on any atom is 0.191 e. The van der Waals surface area contributed by atoms with Crippen molar-refractivity contribution in [2.45, 2.75) is 32.3 Å². The van der Waals surface area contributed by atoms with Gasteiger partial charge in [0, 0.05) is 18.8 Å². The van der Waals surface area contributed by atoms with E-state index in [0.29, 0.717) is 18.3 Å². The van der Waals surface area contributed by atoms with E-state index in [0.717, 1.165) is 19.0 Å². The topological polar surface area (TPSA) is 61.9 Å². The Hall–Kier alpha value is -0.420. The monoisotopic (exact) mass is 259 g/mol. The Morgan fingerprint density at radius 1 is 1.53 bits per heavy atom. The molecule has 4 nitrogen and oxygen atoms in total. The van der Waals surface area contributed by atoms with E-state index < -0.39 is 5.60 Å². The van der Waals surface area contributed by atoms with Gasteiger partial charge in [-0.05, 0) is 31.9 Å². The number of guanidine groups is 1. The molecule has 0 aliphatic carbocycles. The minimum Gasteiger partial charge on any atom is -0.387 e. The van der Waals surface area contributed by atoms with Crippen LogP contribution in [0.1, 0.15) is 26.7 Å². The second kappa shape index (κ2) is 6.50. The van der Waals surface area contributed by atoms with Crippen LogP contribution in [0.25, 0.3) is 0 Å². The Morgan fingerprint density at radius 3 is 2.65 bits per heavy atom. The van der Waals surface area contributed by atoms with E-state index in [1.54, 1.807) is 18.7 Å². The van der Waals surface area contributed by atoms with Crippen LogP contribution in [-0.2, 0) is 0 Å². The highest BCUT2D eigenvalue weighted by molar-refractivity contribution is 7.98. The number of piperidine rings is 1. The molecule has 1 unspecified atom stereocenters. The van der Waals surface area contributed by atoms with E-state index in [9.17, 15) is 5.11 Å². The van der Waals surface area contributed by atoms with E-state index >= 15 is 0 Å². The maximum atomic E-state index is 10.0. The summed E-state index contributed by atoms with van der Waals surface area (Å²) in [6.07, 6.45) is 4.34. The van der Waals surface area contributed by atoms with E-state index in [1.807, 2.05) is 6.26 Å². The van der Waals surface area contributed by atoms with Crippen molar-refractivity contribution in [1.29, 1.82) is 0 Å². The molecule has 0 radical (unpaired) electrons. The molecule has 1 atom stereocenters. The van der Waals surface area contributed by atoms with Gasteiger partial charge in [-0.3, -0.25) is 4.99 Å². The molecule has 0 saturated carbocycles. The number of aliphatic hydroxyl groups is 1. The molecule has 1 heterocycles. The SMILES string of the molecule is CSCC(C)(O)CN=C(N)N1CCC(C)CC1. The number of nitrogens with zero attached hydrogens (tertiary/aromatic N) is 2. The number of thioether (sulfide) groups is 1. The molecule has 100 valence electrons. The van der Waals surface area contributed by atoms with Crippen molar-refractivity contribution in [3.05, 3.63) is 0 Å². The zero-order chi connectivity index (χ0) is 12.9. The number of hydrogen-bond donors (Lipinski definition) is 2. The summed E-state index contributed by atoms with van der Waals surface area (Å²) in [6.45, 7) is 6.43. The summed E-state index contributed by atoms with van der Waals surface area (Å²) in [6, 6.07) is 0. The Labute approximate surface area is 109 Å². The molecule has 5 heteroatoms. The molecule has 17 heavy (non-hydrogen) atoms. The highest BCUT2D eigenvalue weighted by Crippen LogP contribution is 2.16. The van der Waals surface area contributed by atoms with Gasteiger partial charge in [-0.1, -0.05) is 6.92 Å². The van der Waals surface area contributed by atoms with Gasteiger partial charge in [0.2, 0.25) is 0 Å². The second-order valence-electron chi connectivity index (χ2n) is 5.27.